The number of fused-ring (bicyclic) bond motifs is 1. The average Bonchev–Trinajstić information content (AvgIpc) is 3.26. The molecular formula is C19H18N2O2S. The third kappa shape index (κ3) is 2.70. The van der Waals surface area contributed by atoms with E-state index < -0.39 is 0 Å². The molecule has 0 spiro atoms. The van der Waals surface area contributed by atoms with Crippen LogP contribution in [0.2, 0.25) is 0 Å². The summed E-state index contributed by atoms with van der Waals surface area (Å²) in [5.74, 6) is -0.0301. The van der Waals surface area contributed by atoms with Crippen molar-refractivity contribution in [2.45, 2.75) is 13.3 Å². The van der Waals surface area contributed by atoms with Crippen LogP contribution in [0.5, 0.6) is 0 Å². The highest BCUT2D eigenvalue weighted by Crippen LogP contribution is 2.36. The van der Waals surface area contributed by atoms with E-state index in [1.165, 1.54) is 0 Å². The van der Waals surface area contributed by atoms with Crippen LogP contribution in [-0.2, 0) is 9.53 Å². The van der Waals surface area contributed by atoms with Gasteiger partial charge in [-0.1, -0.05) is 41.7 Å². The molecule has 0 N–H and O–H groups in total. The molecule has 1 atom stereocenters. The van der Waals surface area contributed by atoms with Crippen LogP contribution in [0.1, 0.15) is 12.0 Å². The molecule has 1 unspecified atom stereocenters. The van der Waals surface area contributed by atoms with Crippen LogP contribution in [0.25, 0.3) is 10.2 Å². The maximum atomic E-state index is 13.2. The number of rotatable bonds is 3. The Labute approximate surface area is 144 Å². The predicted octanol–water partition coefficient (Wildman–Crippen LogP) is 4.31. The van der Waals surface area contributed by atoms with Crippen molar-refractivity contribution < 1.29 is 9.53 Å². The summed E-state index contributed by atoms with van der Waals surface area (Å²) < 4.78 is 6.51. The summed E-state index contributed by atoms with van der Waals surface area (Å²) >= 11 is 1.55. The standard InChI is InChI=1S/C19H18N2O2S/c1-13-6-2-4-8-16(13)21(18(22)14-10-11-23-12-14)19-20-15-7-3-5-9-17(15)24-19/h2-9,14H,10-12H2,1H3. The van der Waals surface area contributed by atoms with Gasteiger partial charge in [0.15, 0.2) is 5.13 Å². The minimum atomic E-state index is -0.100. The fourth-order valence-electron chi connectivity index (χ4n) is 3.00. The van der Waals surface area contributed by atoms with Crippen LogP contribution in [0.4, 0.5) is 10.8 Å². The summed E-state index contributed by atoms with van der Waals surface area (Å²) in [5.41, 5.74) is 2.88. The molecule has 1 saturated heterocycles. The van der Waals surface area contributed by atoms with Crippen LogP contribution in [-0.4, -0.2) is 24.1 Å². The van der Waals surface area contributed by atoms with Crippen LogP contribution in [0, 0.1) is 12.8 Å². The maximum Gasteiger partial charge on any atom is 0.238 e. The zero-order valence-corrected chi connectivity index (χ0v) is 14.3. The quantitative estimate of drug-likeness (QED) is 0.715. The molecule has 1 aromatic heterocycles. The lowest BCUT2D eigenvalue weighted by Gasteiger charge is -2.24. The van der Waals surface area contributed by atoms with Crippen molar-refractivity contribution in [2.24, 2.45) is 5.92 Å². The first-order chi connectivity index (χ1) is 11.7. The zero-order chi connectivity index (χ0) is 16.5. The Kier molecular flexibility index (Phi) is 4.04. The first-order valence-corrected chi connectivity index (χ1v) is 8.88. The lowest BCUT2D eigenvalue weighted by molar-refractivity contribution is -0.121. The third-order valence-corrected chi connectivity index (χ3v) is 5.35. The molecule has 0 radical (unpaired) electrons. The number of nitrogens with zero attached hydrogens (tertiary/aromatic N) is 2. The number of para-hydroxylation sites is 2. The van der Waals surface area contributed by atoms with Crippen LogP contribution in [0.3, 0.4) is 0 Å². The molecule has 1 amide bonds. The van der Waals surface area contributed by atoms with E-state index in [9.17, 15) is 4.79 Å². The van der Waals surface area contributed by atoms with Crippen LogP contribution in [0.15, 0.2) is 48.5 Å². The second kappa shape index (κ2) is 6.34. The number of carbonyl (C=O) groups excluding carboxylic acids is 1. The SMILES string of the molecule is Cc1ccccc1N(C(=O)C1CCOC1)c1nc2ccccc2s1. The summed E-state index contributed by atoms with van der Waals surface area (Å²) in [6.07, 6.45) is 0.770. The van der Waals surface area contributed by atoms with Gasteiger partial charge in [0.05, 0.1) is 28.4 Å². The predicted molar refractivity (Wildman–Crippen MR) is 96.9 cm³/mol. The molecule has 1 fully saturated rings. The second-order valence-electron chi connectivity index (χ2n) is 5.98. The molecule has 122 valence electrons. The van der Waals surface area contributed by atoms with E-state index in [-0.39, 0.29) is 11.8 Å². The largest absolute Gasteiger partial charge is 0.381 e. The molecule has 4 nitrogen and oxygen atoms in total. The second-order valence-corrected chi connectivity index (χ2v) is 6.99. The minimum absolute atomic E-state index is 0.0702. The van der Waals surface area contributed by atoms with Gasteiger partial charge in [0.25, 0.3) is 0 Å². The van der Waals surface area contributed by atoms with E-state index in [2.05, 4.69) is 0 Å². The highest BCUT2D eigenvalue weighted by Gasteiger charge is 2.32. The van der Waals surface area contributed by atoms with E-state index in [1.807, 2.05) is 55.5 Å². The van der Waals surface area contributed by atoms with Gasteiger partial charge in [0.2, 0.25) is 5.91 Å². The highest BCUT2D eigenvalue weighted by molar-refractivity contribution is 7.22. The van der Waals surface area contributed by atoms with Gasteiger partial charge in [0, 0.05) is 6.61 Å². The van der Waals surface area contributed by atoms with E-state index in [0.717, 1.165) is 33.0 Å². The summed E-state index contributed by atoms with van der Waals surface area (Å²) in [4.78, 5) is 19.7. The summed E-state index contributed by atoms with van der Waals surface area (Å²) in [6, 6.07) is 15.9. The number of ether oxygens (including phenoxy) is 1. The third-order valence-electron chi connectivity index (χ3n) is 4.33. The molecule has 0 saturated carbocycles. The molecular weight excluding hydrogens is 320 g/mol. The number of thiazole rings is 1. The van der Waals surface area contributed by atoms with Gasteiger partial charge in [-0.2, -0.15) is 0 Å². The molecule has 0 bridgehead atoms. The topological polar surface area (TPSA) is 42.4 Å². The smallest absolute Gasteiger partial charge is 0.238 e. The fourth-order valence-corrected chi connectivity index (χ4v) is 3.98. The van der Waals surface area contributed by atoms with Crippen molar-refractivity contribution in [3.8, 4) is 0 Å². The van der Waals surface area contributed by atoms with Gasteiger partial charge in [-0.15, -0.1) is 0 Å². The van der Waals surface area contributed by atoms with Gasteiger partial charge in [-0.05, 0) is 37.1 Å². The van der Waals surface area contributed by atoms with Crippen molar-refractivity contribution in [1.29, 1.82) is 0 Å². The maximum absolute atomic E-state index is 13.2. The van der Waals surface area contributed by atoms with Crippen molar-refractivity contribution in [3.63, 3.8) is 0 Å². The molecule has 2 heterocycles. The highest BCUT2D eigenvalue weighted by atomic mass is 32.1. The van der Waals surface area contributed by atoms with Gasteiger partial charge in [-0.3, -0.25) is 9.69 Å². The molecule has 1 aliphatic heterocycles. The molecule has 3 aromatic rings. The van der Waals surface area contributed by atoms with Crippen molar-refractivity contribution >= 4 is 38.3 Å². The number of carbonyl (C=O) groups is 1. The van der Waals surface area contributed by atoms with Crippen molar-refractivity contribution in [1.82, 2.24) is 4.98 Å². The summed E-state index contributed by atoms with van der Waals surface area (Å²) in [5, 5.41) is 0.724. The summed E-state index contributed by atoms with van der Waals surface area (Å²) in [6.45, 7) is 3.16. The van der Waals surface area contributed by atoms with Crippen molar-refractivity contribution in [3.05, 3.63) is 54.1 Å². The minimum Gasteiger partial charge on any atom is -0.381 e. The van der Waals surface area contributed by atoms with E-state index in [0.29, 0.717) is 13.2 Å². The Morgan fingerprint density at radius 2 is 2.00 bits per heavy atom. The number of anilines is 2. The van der Waals surface area contributed by atoms with E-state index >= 15 is 0 Å². The fraction of sp³-hybridized carbons (Fsp3) is 0.263. The molecule has 0 aliphatic carbocycles. The normalized spacial score (nSPS) is 17.3. The molecule has 5 heteroatoms. The summed E-state index contributed by atoms with van der Waals surface area (Å²) in [7, 11) is 0. The molecule has 4 rings (SSSR count). The Morgan fingerprint density at radius 1 is 1.21 bits per heavy atom. The van der Waals surface area contributed by atoms with Crippen molar-refractivity contribution in [2.75, 3.05) is 18.1 Å². The zero-order valence-electron chi connectivity index (χ0n) is 13.4. The number of hydrogen-bond acceptors (Lipinski definition) is 4. The number of amides is 1. The lowest BCUT2D eigenvalue weighted by atomic mass is 10.1. The van der Waals surface area contributed by atoms with Gasteiger partial charge >= 0.3 is 0 Å². The molecule has 2 aromatic carbocycles. The number of hydrogen-bond donors (Lipinski definition) is 0. The Bertz CT molecular complexity index is 851. The lowest BCUT2D eigenvalue weighted by Crippen LogP contribution is -2.33. The monoisotopic (exact) mass is 338 g/mol. The Morgan fingerprint density at radius 3 is 2.75 bits per heavy atom. The first-order valence-electron chi connectivity index (χ1n) is 8.07. The average molecular weight is 338 g/mol. The Balaban J connectivity index is 1.83. The van der Waals surface area contributed by atoms with E-state index in [4.69, 9.17) is 9.72 Å². The molecule has 24 heavy (non-hydrogen) atoms. The Hall–Kier alpha value is -2.24. The number of benzene rings is 2. The van der Waals surface area contributed by atoms with Crippen LogP contribution < -0.4 is 4.90 Å². The van der Waals surface area contributed by atoms with Gasteiger partial charge < -0.3 is 4.74 Å². The van der Waals surface area contributed by atoms with Gasteiger partial charge in [0.1, 0.15) is 0 Å². The molecule has 1 aliphatic rings. The van der Waals surface area contributed by atoms with Gasteiger partial charge in [-0.25, -0.2) is 4.98 Å². The number of aryl methyl sites for hydroxylation is 1. The number of aromatic nitrogens is 1. The van der Waals surface area contributed by atoms with E-state index in [1.54, 1.807) is 16.2 Å². The van der Waals surface area contributed by atoms with Crippen LogP contribution >= 0.6 is 11.3 Å². The first kappa shape index (κ1) is 15.3.